The number of amides is 1. The van der Waals surface area contributed by atoms with Crippen LogP contribution in [0.4, 0.5) is 0 Å². The van der Waals surface area contributed by atoms with E-state index in [1.54, 1.807) is 0 Å². The van der Waals surface area contributed by atoms with Crippen LogP contribution in [-0.4, -0.2) is 21.5 Å². The summed E-state index contributed by atoms with van der Waals surface area (Å²) in [5, 5.41) is 2.83. The molecule has 2 rings (SSSR count). The summed E-state index contributed by atoms with van der Waals surface area (Å²) in [6.45, 7) is 3.91. The summed E-state index contributed by atoms with van der Waals surface area (Å²) >= 11 is 0. The molecule has 1 aromatic heterocycles. The Kier molecular flexibility index (Phi) is 4.87. The molecule has 1 amide bonds. The highest BCUT2D eigenvalue weighted by atomic mass is 16.2. The standard InChI is InChI=1S/C16H19N3O2/c1-3-12(2)18-15(20)10-19-11-17-14(9-16(19)21)13-7-5-4-6-8-13/h4-9,11-12H,3,10H2,1-2H3,(H,18,20)/t12-/m1/s1. The lowest BCUT2D eigenvalue weighted by Gasteiger charge is -2.12. The lowest BCUT2D eigenvalue weighted by Crippen LogP contribution is -2.37. The fourth-order valence-electron chi connectivity index (χ4n) is 1.89. The fourth-order valence-corrected chi connectivity index (χ4v) is 1.89. The van der Waals surface area contributed by atoms with E-state index in [4.69, 9.17) is 0 Å². The largest absolute Gasteiger partial charge is 0.352 e. The van der Waals surface area contributed by atoms with Crippen molar-refractivity contribution in [2.24, 2.45) is 0 Å². The molecule has 0 saturated carbocycles. The van der Waals surface area contributed by atoms with E-state index in [1.165, 1.54) is 17.0 Å². The molecule has 2 aromatic rings. The number of hydrogen-bond acceptors (Lipinski definition) is 3. The zero-order chi connectivity index (χ0) is 15.2. The number of aromatic nitrogens is 2. The summed E-state index contributed by atoms with van der Waals surface area (Å²) in [7, 11) is 0. The van der Waals surface area contributed by atoms with Gasteiger partial charge in [0.2, 0.25) is 5.91 Å². The van der Waals surface area contributed by atoms with Crippen LogP contribution in [-0.2, 0) is 11.3 Å². The minimum atomic E-state index is -0.233. The molecular weight excluding hydrogens is 266 g/mol. The molecular formula is C16H19N3O2. The maximum atomic E-state index is 12.0. The Balaban J connectivity index is 2.13. The third-order valence-electron chi connectivity index (χ3n) is 3.28. The minimum absolute atomic E-state index is 0.00869. The van der Waals surface area contributed by atoms with Gasteiger partial charge in [0.1, 0.15) is 6.54 Å². The first kappa shape index (κ1) is 15.0. The first-order valence-corrected chi connectivity index (χ1v) is 7.01. The third kappa shape index (κ3) is 4.02. The number of hydrogen-bond donors (Lipinski definition) is 1. The second kappa shape index (κ2) is 6.83. The molecule has 0 aliphatic rings. The maximum absolute atomic E-state index is 12.0. The van der Waals surface area contributed by atoms with Crippen LogP contribution >= 0.6 is 0 Å². The van der Waals surface area contributed by atoms with Crippen molar-refractivity contribution in [1.82, 2.24) is 14.9 Å². The average molecular weight is 285 g/mol. The smallest absolute Gasteiger partial charge is 0.254 e. The molecule has 0 aliphatic carbocycles. The second-order valence-electron chi connectivity index (χ2n) is 4.98. The molecule has 0 radical (unpaired) electrons. The van der Waals surface area contributed by atoms with Gasteiger partial charge >= 0.3 is 0 Å². The van der Waals surface area contributed by atoms with E-state index >= 15 is 0 Å². The number of nitrogens with one attached hydrogen (secondary N) is 1. The number of carbonyl (C=O) groups excluding carboxylic acids is 1. The molecule has 110 valence electrons. The van der Waals surface area contributed by atoms with Gasteiger partial charge in [-0.3, -0.25) is 14.2 Å². The van der Waals surface area contributed by atoms with Gasteiger partial charge in [-0.25, -0.2) is 4.98 Å². The molecule has 0 spiro atoms. The molecule has 0 aliphatic heterocycles. The minimum Gasteiger partial charge on any atom is -0.352 e. The SMILES string of the molecule is CC[C@@H](C)NC(=O)Cn1cnc(-c2ccccc2)cc1=O. The van der Waals surface area contributed by atoms with Gasteiger partial charge < -0.3 is 5.32 Å². The Morgan fingerprint density at radius 1 is 1.33 bits per heavy atom. The monoisotopic (exact) mass is 285 g/mol. The Morgan fingerprint density at radius 2 is 2.05 bits per heavy atom. The van der Waals surface area contributed by atoms with Crippen molar-refractivity contribution in [2.75, 3.05) is 0 Å². The van der Waals surface area contributed by atoms with Gasteiger partial charge in [-0.15, -0.1) is 0 Å². The topological polar surface area (TPSA) is 64.0 Å². The van der Waals surface area contributed by atoms with E-state index in [2.05, 4.69) is 10.3 Å². The Labute approximate surface area is 123 Å². The van der Waals surface area contributed by atoms with Gasteiger partial charge in [0.05, 0.1) is 12.0 Å². The van der Waals surface area contributed by atoms with Crippen LogP contribution in [0.15, 0.2) is 47.5 Å². The van der Waals surface area contributed by atoms with Crippen molar-refractivity contribution in [2.45, 2.75) is 32.9 Å². The normalized spacial score (nSPS) is 11.9. The van der Waals surface area contributed by atoms with E-state index in [1.807, 2.05) is 44.2 Å². The molecule has 1 atom stereocenters. The van der Waals surface area contributed by atoms with Gasteiger partial charge in [-0.1, -0.05) is 37.3 Å². The summed E-state index contributed by atoms with van der Waals surface area (Å²) in [6, 6.07) is 11.0. The highest BCUT2D eigenvalue weighted by Gasteiger charge is 2.08. The van der Waals surface area contributed by atoms with Crippen LogP contribution in [0.1, 0.15) is 20.3 Å². The molecule has 21 heavy (non-hydrogen) atoms. The van der Waals surface area contributed by atoms with Crippen LogP contribution in [0.2, 0.25) is 0 Å². The Bertz CT molecular complexity index is 665. The first-order chi connectivity index (χ1) is 10.1. The summed E-state index contributed by atoms with van der Waals surface area (Å²) in [4.78, 5) is 28.1. The van der Waals surface area contributed by atoms with Crippen molar-refractivity contribution < 1.29 is 4.79 Å². The summed E-state index contributed by atoms with van der Waals surface area (Å²) < 4.78 is 1.31. The van der Waals surface area contributed by atoms with Gasteiger partial charge in [0.15, 0.2) is 0 Å². The zero-order valence-corrected chi connectivity index (χ0v) is 12.2. The predicted molar refractivity (Wildman–Crippen MR) is 81.8 cm³/mol. The van der Waals surface area contributed by atoms with Crippen LogP contribution in [0.5, 0.6) is 0 Å². The molecule has 5 nitrogen and oxygen atoms in total. The Hall–Kier alpha value is -2.43. The van der Waals surface area contributed by atoms with Gasteiger partial charge in [0, 0.05) is 17.7 Å². The lowest BCUT2D eigenvalue weighted by molar-refractivity contribution is -0.122. The summed E-state index contributed by atoms with van der Waals surface area (Å²) in [5.41, 5.74) is 1.26. The van der Waals surface area contributed by atoms with Crippen molar-refractivity contribution in [3.63, 3.8) is 0 Å². The van der Waals surface area contributed by atoms with Crippen molar-refractivity contribution in [3.8, 4) is 11.3 Å². The molecule has 0 saturated heterocycles. The van der Waals surface area contributed by atoms with Crippen molar-refractivity contribution in [1.29, 1.82) is 0 Å². The molecule has 0 fully saturated rings. The van der Waals surface area contributed by atoms with Crippen molar-refractivity contribution in [3.05, 3.63) is 53.1 Å². The van der Waals surface area contributed by atoms with E-state index in [-0.39, 0.29) is 24.1 Å². The summed E-state index contributed by atoms with van der Waals surface area (Å²) in [6.07, 6.45) is 2.27. The van der Waals surface area contributed by atoms with E-state index < -0.39 is 0 Å². The average Bonchev–Trinajstić information content (AvgIpc) is 2.50. The predicted octanol–water partition coefficient (Wildman–Crippen LogP) is 1.82. The lowest BCUT2D eigenvalue weighted by atomic mass is 10.1. The second-order valence-corrected chi connectivity index (χ2v) is 4.98. The number of rotatable bonds is 5. The molecule has 0 unspecified atom stereocenters. The maximum Gasteiger partial charge on any atom is 0.254 e. The zero-order valence-electron chi connectivity index (χ0n) is 12.2. The summed E-state index contributed by atoms with van der Waals surface area (Å²) in [5.74, 6) is -0.180. The number of nitrogens with zero attached hydrogens (tertiary/aromatic N) is 2. The van der Waals surface area contributed by atoms with Crippen molar-refractivity contribution >= 4 is 5.91 Å². The van der Waals surface area contributed by atoms with Crippen LogP contribution in [0, 0.1) is 0 Å². The van der Waals surface area contributed by atoms with E-state index in [9.17, 15) is 9.59 Å². The highest BCUT2D eigenvalue weighted by Crippen LogP contribution is 2.13. The molecule has 1 N–H and O–H groups in total. The van der Waals surface area contributed by atoms with Gasteiger partial charge in [-0.2, -0.15) is 0 Å². The molecule has 0 bridgehead atoms. The molecule has 1 aromatic carbocycles. The van der Waals surface area contributed by atoms with Crippen LogP contribution < -0.4 is 10.9 Å². The third-order valence-corrected chi connectivity index (χ3v) is 3.28. The highest BCUT2D eigenvalue weighted by molar-refractivity contribution is 5.76. The molecule has 1 heterocycles. The van der Waals surface area contributed by atoms with Gasteiger partial charge in [-0.05, 0) is 13.3 Å². The number of carbonyl (C=O) groups is 1. The Morgan fingerprint density at radius 3 is 2.67 bits per heavy atom. The van der Waals surface area contributed by atoms with Crippen LogP contribution in [0.3, 0.4) is 0 Å². The molecule has 5 heteroatoms. The fraction of sp³-hybridized carbons (Fsp3) is 0.312. The number of benzene rings is 1. The van der Waals surface area contributed by atoms with E-state index in [0.717, 1.165) is 12.0 Å². The quantitative estimate of drug-likeness (QED) is 0.911. The first-order valence-electron chi connectivity index (χ1n) is 7.01. The van der Waals surface area contributed by atoms with Gasteiger partial charge in [0.25, 0.3) is 5.56 Å². The van der Waals surface area contributed by atoms with Crippen LogP contribution in [0.25, 0.3) is 11.3 Å². The van der Waals surface area contributed by atoms with E-state index in [0.29, 0.717) is 5.69 Å².